The maximum Gasteiger partial charge on any atom is 0.261 e. The summed E-state index contributed by atoms with van der Waals surface area (Å²) in [5, 5.41) is 6.91. The van der Waals surface area contributed by atoms with Crippen molar-refractivity contribution in [1.82, 2.24) is 5.32 Å². The average Bonchev–Trinajstić information content (AvgIpc) is 2.99. The van der Waals surface area contributed by atoms with Crippen LogP contribution in [0.1, 0.15) is 20.0 Å². The molecular formula is C14H13N3O3S. The van der Waals surface area contributed by atoms with Crippen LogP contribution >= 0.6 is 11.3 Å². The van der Waals surface area contributed by atoms with Gasteiger partial charge in [0.1, 0.15) is 0 Å². The van der Waals surface area contributed by atoms with Crippen molar-refractivity contribution in [1.29, 1.82) is 0 Å². The Balaban J connectivity index is 1.84. The van der Waals surface area contributed by atoms with Crippen LogP contribution in [0.4, 0.5) is 5.69 Å². The Morgan fingerprint density at radius 1 is 1.10 bits per heavy atom. The van der Waals surface area contributed by atoms with E-state index in [0.717, 1.165) is 0 Å². The molecule has 0 fully saturated rings. The molecule has 0 saturated heterocycles. The summed E-state index contributed by atoms with van der Waals surface area (Å²) in [5.41, 5.74) is 6.00. The van der Waals surface area contributed by atoms with E-state index in [2.05, 4.69) is 10.6 Å². The third-order valence-electron chi connectivity index (χ3n) is 2.61. The second-order valence-electron chi connectivity index (χ2n) is 4.15. The van der Waals surface area contributed by atoms with Crippen LogP contribution in [0.15, 0.2) is 41.8 Å². The number of hydrogen-bond acceptors (Lipinski definition) is 4. The van der Waals surface area contributed by atoms with Crippen molar-refractivity contribution in [2.75, 3.05) is 11.9 Å². The molecule has 7 heteroatoms. The highest BCUT2D eigenvalue weighted by molar-refractivity contribution is 7.12. The number of rotatable bonds is 5. The highest BCUT2D eigenvalue weighted by Crippen LogP contribution is 2.09. The minimum Gasteiger partial charge on any atom is -0.366 e. The maximum absolute atomic E-state index is 11.7. The number of carbonyl (C=O) groups excluding carboxylic acids is 3. The number of primary amides is 1. The molecule has 0 atom stereocenters. The van der Waals surface area contributed by atoms with E-state index in [1.165, 1.54) is 23.5 Å². The largest absolute Gasteiger partial charge is 0.366 e. The Kier molecular flexibility index (Phi) is 4.68. The van der Waals surface area contributed by atoms with E-state index in [0.29, 0.717) is 16.1 Å². The van der Waals surface area contributed by atoms with E-state index in [1.807, 2.05) is 0 Å². The average molecular weight is 303 g/mol. The molecule has 6 nitrogen and oxygen atoms in total. The molecule has 108 valence electrons. The molecule has 3 amide bonds. The molecule has 0 bridgehead atoms. The zero-order valence-electron chi connectivity index (χ0n) is 11.0. The molecule has 0 aliphatic carbocycles. The fourth-order valence-electron chi connectivity index (χ4n) is 1.58. The first kappa shape index (κ1) is 14.7. The van der Waals surface area contributed by atoms with E-state index in [1.54, 1.807) is 29.6 Å². The van der Waals surface area contributed by atoms with Crippen LogP contribution in [0.3, 0.4) is 0 Å². The highest BCUT2D eigenvalue weighted by atomic mass is 32.1. The minimum atomic E-state index is -0.531. The number of thiophene rings is 1. The predicted molar refractivity (Wildman–Crippen MR) is 80.2 cm³/mol. The molecule has 1 aromatic carbocycles. The first-order valence-electron chi connectivity index (χ1n) is 6.07. The molecular weight excluding hydrogens is 290 g/mol. The van der Waals surface area contributed by atoms with Crippen molar-refractivity contribution >= 4 is 34.7 Å². The Morgan fingerprint density at radius 3 is 2.38 bits per heavy atom. The van der Waals surface area contributed by atoms with Gasteiger partial charge in [-0.25, -0.2) is 0 Å². The second kappa shape index (κ2) is 6.67. The van der Waals surface area contributed by atoms with Crippen molar-refractivity contribution in [2.45, 2.75) is 0 Å². The summed E-state index contributed by atoms with van der Waals surface area (Å²) in [5.74, 6) is -1.17. The number of anilines is 1. The molecule has 2 rings (SSSR count). The molecule has 1 aromatic heterocycles. The Labute approximate surface area is 125 Å². The van der Waals surface area contributed by atoms with Gasteiger partial charge in [-0.05, 0) is 35.7 Å². The van der Waals surface area contributed by atoms with E-state index in [9.17, 15) is 14.4 Å². The first-order valence-corrected chi connectivity index (χ1v) is 6.95. The second-order valence-corrected chi connectivity index (χ2v) is 5.10. The van der Waals surface area contributed by atoms with Crippen molar-refractivity contribution in [3.8, 4) is 0 Å². The van der Waals surface area contributed by atoms with Gasteiger partial charge < -0.3 is 16.4 Å². The van der Waals surface area contributed by atoms with Crippen molar-refractivity contribution < 1.29 is 14.4 Å². The van der Waals surface area contributed by atoms with E-state index in [-0.39, 0.29) is 18.4 Å². The number of carbonyl (C=O) groups is 3. The molecule has 0 aliphatic rings. The monoisotopic (exact) mass is 303 g/mol. The number of nitrogens with two attached hydrogens (primary N) is 1. The molecule has 4 N–H and O–H groups in total. The van der Waals surface area contributed by atoms with E-state index in [4.69, 9.17) is 5.73 Å². The lowest BCUT2D eigenvalue weighted by Crippen LogP contribution is -2.32. The van der Waals surface area contributed by atoms with Crippen LogP contribution in [0, 0.1) is 0 Å². The third-order valence-corrected chi connectivity index (χ3v) is 3.48. The lowest BCUT2D eigenvalue weighted by Gasteiger charge is -2.06. The van der Waals surface area contributed by atoms with Gasteiger partial charge in [0.25, 0.3) is 5.91 Å². The summed E-state index contributed by atoms with van der Waals surface area (Å²) >= 11 is 1.30. The van der Waals surface area contributed by atoms with Gasteiger partial charge in [-0.3, -0.25) is 14.4 Å². The summed E-state index contributed by atoms with van der Waals surface area (Å²) in [6.07, 6.45) is 0. The SMILES string of the molecule is NC(=O)c1ccc(NC(=O)CNC(=O)c2cccs2)cc1. The van der Waals surface area contributed by atoms with Gasteiger partial charge in [-0.15, -0.1) is 11.3 Å². The lowest BCUT2D eigenvalue weighted by atomic mass is 10.2. The normalized spacial score (nSPS) is 9.90. The molecule has 0 spiro atoms. The van der Waals surface area contributed by atoms with Crippen molar-refractivity contribution in [3.63, 3.8) is 0 Å². The molecule has 1 heterocycles. The Morgan fingerprint density at radius 2 is 1.81 bits per heavy atom. The van der Waals surface area contributed by atoms with Gasteiger partial charge in [0.2, 0.25) is 11.8 Å². The zero-order valence-corrected chi connectivity index (χ0v) is 11.8. The Hall–Kier alpha value is -2.67. The van der Waals surface area contributed by atoms with Gasteiger partial charge in [-0.2, -0.15) is 0 Å². The topological polar surface area (TPSA) is 101 Å². The number of nitrogens with one attached hydrogen (secondary N) is 2. The van der Waals surface area contributed by atoms with Crippen LogP contribution in [0.5, 0.6) is 0 Å². The number of hydrogen-bond donors (Lipinski definition) is 3. The summed E-state index contributed by atoms with van der Waals surface area (Å²) in [6, 6.07) is 9.61. The molecule has 0 radical (unpaired) electrons. The zero-order chi connectivity index (χ0) is 15.2. The van der Waals surface area contributed by atoms with Gasteiger partial charge in [-0.1, -0.05) is 6.07 Å². The van der Waals surface area contributed by atoms with E-state index < -0.39 is 5.91 Å². The smallest absolute Gasteiger partial charge is 0.261 e. The number of amides is 3. The summed E-state index contributed by atoms with van der Waals surface area (Å²) in [7, 11) is 0. The summed E-state index contributed by atoms with van der Waals surface area (Å²) in [4.78, 5) is 34.8. The minimum absolute atomic E-state index is 0.131. The molecule has 0 aliphatic heterocycles. The molecule has 0 saturated carbocycles. The van der Waals surface area contributed by atoms with Crippen LogP contribution in [-0.2, 0) is 4.79 Å². The van der Waals surface area contributed by atoms with Crippen molar-refractivity contribution in [3.05, 3.63) is 52.2 Å². The van der Waals surface area contributed by atoms with Gasteiger partial charge in [0.15, 0.2) is 0 Å². The van der Waals surface area contributed by atoms with Gasteiger partial charge in [0, 0.05) is 11.3 Å². The molecule has 2 aromatic rings. The Bertz CT molecular complexity index is 651. The van der Waals surface area contributed by atoms with Crippen LogP contribution in [-0.4, -0.2) is 24.3 Å². The fourth-order valence-corrected chi connectivity index (χ4v) is 2.22. The van der Waals surface area contributed by atoms with Crippen LogP contribution in [0.2, 0.25) is 0 Å². The highest BCUT2D eigenvalue weighted by Gasteiger charge is 2.09. The maximum atomic E-state index is 11.7. The first-order chi connectivity index (χ1) is 10.1. The van der Waals surface area contributed by atoms with Crippen LogP contribution in [0.25, 0.3) is 0 Å². The fraction of sp³-hybridized carbons (Fsp3) is 0.0714. The summed E-state index contributed by atoms with van der Waals surface area (Å²) < 4.78 is 0. The van der Waals surface area contributed by atoms with Gasteiger partial charge >= 0.3 is 0 Å². The third kappa shape index (κ3) is 4.15. The van der Waals surface area contributed by atoms with E-state index >= 15 is 0 Å². The van der Waals surface area contributed by atoms with Crippen LogP contribution < -0.4 is 16.4 Å². The predicted octanol–water partition coefficient (Wildman–Crippen LogP) is 1.22. The molecule has 21 heavy (non-hydrogen) atoms. The standard InChI is InChI=1S/C14H13N3O3S/c15-13(19)9-3-5-10(6-4-9)17-12(18)8-16-14(20)11-2-1-7-21-11/h1-7H,8H2,(H2,15,19)(H,16,20)(H,17,18). The number of benzene rings is 1. The van der Waals surface area contributed by atoms with Gasteiger partial charge in [0.05, 0.1) is 11.4 Å². The van der Waals surface area contributed by atoms with Crippen molar-refractivity contribution in [2.24, 2.45) is 5.73 Å². The lowest BCUT2D eigenvalue weighted by molar-refractivity contribution is -0.115. The summed E-state index contributed by atoms with van der Waals surface area (Å²) in [6.45, 7) is -0.131. The quantitative estimate of drug-likeness (QED) is 0.774. The molecule has 0 unspecified atom stereocenters.